The van der Waals surface area contributed by atoms with E-state index in [1.54, 1.807) is 6.92 Å². The van der Waals surface area contributed by atoms with Crippen molar-refractivity contribution in [2.24, 2.45) is 0 Å². The molecule has 7 heteroatoms. The third-order valence-corrected chi connectivity index (χ3v) is 5.21. The zero-order chi connectivity index (χ0) is 14.8. The highest BCUT2D eigenvalue weighted by Gasteiger charge is 2.35. The third kappa shape index (κ3) is 3.71. The van der Waals surface area contributed by atoms with E-state index in [1.165, 1.54) is 37.0 Å². The van der Waals surface area contributed by atoms with Gasteiger partial charge in [0.15, 0.2) is 0 Å². The Hall–Kier alpha value is -1.21. The Kier molecular flexibility index (Phi) is 4.40. The lowest BCUT2D eigenvalue weighted by Gasteiger charge is -2.30. The van der Waals surface area contributed by atoms with Gasteiger partial charge in [-0.3, -0.25) is 9.69 Å². The number of carbonyl (C=O) groups is 1. The number of hydrogen-bond donors (Lipinski definition) is 1. The molecule has 2 fully saturated rings. The largest absolute Gasteiger partial charge is 0.374 e. The van der Waals surface area contributed by atoms with Crippen LogP contribution in [0.2, 0.25) is 0 Å². The highest BCUT2D eigenvalue weighted by atomic mass is 32.1. The smallest absolute Gasteiger partial charge is 0.219 e. The van der Waals surface area contributed by atoms with Crippen molar-refractivity contribution >= 4 is 22.4 Å². The molecule has 1 aliphatic heterocycles. The molecule has 1 saturated carbocycles. The molecule has 6 nitrogen and oxygen atoms in total. The molecular formula is C14H23N5OS. The summed E-state index contributed by atoms with van der Waals surface area (Å²) < 4.78 is 0. The lowest BCUT2D eigenvalue weighted by molar-refractivity contribution is -0.130. The minimum absolute atomic E-state index is 0.223. The van der Waals surface area contributed by atoms with Crippen molar-refractivity contribution < 1.29 is 4.79 Å². The fourth-order valence-electron chi connectivity index (χ4n) is 3.15. The summed E-state index contributed by atoms with van der Waals surface area (Å²) in [4.78, 5) is 16.4. The molecule has 3 rings (SSSR count). The fourth-order valence-corrected chi connectivity index (χ4v) is 3.75. The van der Waals surface area contributed by atoms with Gasteiger partial charge in [0, 0.05) is 38.5 Å². The zero-order valence-electron chi connectivity index (χ0n) is 12.5. The summed E-state index contributed by atoms with van der Waals surface area (Å²) in [6.07, 6.45) is 5.66. The summed E-state index contributed by atoms with van der Waals surface area (Å²) in [7, 11) is 0. The molecule has 1 amide bonds. The number of aromatic nitrogens is 2. The van der Waals surface area contributed by atoms with Crippen LogP contribution < -0.4 is 5.73 Å². The third-order valence-electron chi connectivity index (χ3n) is 4.39. The number of nitrogens with two attached hydrogens (primary N) is 1. The molecule has 1 atom stereocenters. The lowest BCUT2D eigenvalue weighted by atomic mass is 10.2. The summed E-state index contributed by atoms with van der Waals surface area (Å²) >= 11 is 1.47. The summed E-state index contributed by atoms with van der Waals surface area (Å²) in [6, 6.07) is 1.01. The number of nitrogens with zero attached hydrogens (tertiary/aromatic N) is 4. The molecule has 0 aromatic carbocycles. The second-order valence-corrected chi connectivity index (χ2v) is 7.11. The van der Waals surface area contributed by atoms with E-state index in [0.717, 1.165) is 31.1 Å². The topological polar surface area (TPSA) is 75.4 Å². The van der Waals surface area contributed by atoms with Crippen LogP contribution in [-0.4, -0.2) is 57.6 Å². The maximum absolute atomic E-state index is 11.8. The van der Waals surface area contributed by atoms with Gasteiger partial charge >= 0.3 is 0 Å². The maximum Gasteiger partial charge on any atom is 0.219 e. The maximum atomic E-state index is 11.8. The van der Waals surface area contributed by atoms with Crippen LogP contribution in [0.5, 0.6) is 0 Å². The van der Waals surface area contributed by atoms with Gasteiger partial charge in [-0.2, -0.15) is 0 Å². The average Bonchev–Trinajstić information content (AvgIpc) is 3.04. The van der Waals surface area contributed by atoms with E-state index >= 15 is 0 Å². The Bertz CT molecular complexity index is 501. The van der Waals surface area contributed by atoms with Crippen LogP contribution in [0.4, 0.5) is 5.13 Å². The van der Waals surface area contributed by atoms with Gasteiger partial charge in [-0.25, -0.2) is 0 Å². The molecule has 0 unspecified atom stereocenters. The Morgan fingerprint density at radius 2 is 2.24 bits per heavy atom. The predicted molar refractivity (Wildman–Crippen MR) is 83.0 cm³/mol. The molecule has 1 aromatic heterocycles. The molecule has 2 N–H and O–H groups in total. The highest BCUT2D eigenvalue weighted by molar-refractivity contribution is 7.15. The SMILES string of the molecule is CC(=O)N(C[C@@H]1CCCN1CCc1nnc(N)s1)C1CC1. The normalized spacial score (nSPS) is 22.6. The summed E-state index contributed by atoms with van der Waals surface area (Å²) in [5.41, 5.74) is 5.62. The number of nitrogen functional groups attached to an aromatic ring is 1. The van der Waals surface area contributed by atoms with E-state index in [1.807, 2.05) is 0 Å². The molecule has 2 heterocycles. The van der Waals surface area contributed by atoms with E-state index in [9.17, 15) is 4.79 Å². The van der Waals surface area contributed by atoms with Gasteiger partial charge in [0.05, 0.1) is 0 Å². The Morgan fingerprint density at radius 3 is 2.86 bits per heavy atom. The van der Waals surface area contributed by atoms with E-state index in [-0.39, 0.29) is 5.91 Å². The standard InChI is InChI=1S/C14H23N5OS/c1-10(20)19(11-4-5-11)9-12-3-2-7-18(12)8-6-13-16-17-14(15)21-13/h11-12H,2-9H2,1H3,(H2,15,17)/t12-/m0/s1. The second-order valence-electron chi connectivity index (χ2n) is 6.02. The first-order valence-corrected chi connectivity index (χ1v) is 8.54. The van der Waals surface area contributed by atoms with Gasteiger partial charge in [0.1, 0.15) is 5.01 Å². The number of amides is 1. The van der Waals surface area contributed by atoms with Crippen LogP contribution in [0, 0.1) is 0 Å². The van der Waals surface area contributed by atoms with Crippen LogP contribution in [0.15, 0.2) is 0 Å². The number of rotatable bonds is 6. The van der Waals surface area contributed by atoms with Crippen LogP contribution in [-0.2, 0) is 11.2 Å². The van der Waals surface area contributed by atoms with Gasteiger partial charge in [-0.15, -0.1) is 10.2 Å². The second kappa shape index (κ2) is 6.27. The predicted octanol–water partition coefficient (Wildman–Crippen LogP) is 1.14. The molecular weight excluding hydrogens is 286 g/mol. The summed E-state index contributed by atoms with van der Waals surface area (Å²) in [5.74, 6) is 0.223. The van der Waals surface area contributed by atoms with E-state index < -0.39 is 0 Å². The molecule has 1 saturated heterocycles. The number of anilines is 1. The molecule has 2 aliphatic rings. The van der Waals surface area contributed by atoms with Crippen LogP contribution in [0.25, 0.3) is 0 Å². The van der Waals surface area contributed by atoms with Gasteiger partial charge in [0.25, 0.3) is 0 Å². The molecule has 0 bridgehead atoms. The Labute approximate surface area is 129 Å². The van der Waals surface area contributed by atoms with Crippen molar-refractivity contribution in [3.8, 4) is 0 Å². The van der Waals surface area contributed by atoms with Gasteiger partial charge in [0.2, 0.25) is 11.0 Å². The first kappa shape index (κ1) is 14.7. The van der Waals surface area contributed by atoms with Gasteiger partial charge in [-0.05, 0) is 32.2 Å². The molecule has 1 aromatic rings. The van der Waals surface area contributed by atoms with E-state index in [2.05, 4.69) is 20.0 Å². The first-order chi connectivity index (χ1) is 10.1. The monoisotopic (exact) mass is 309 g/mol. The number of likely N-dealkylation sites (tertiary alicyclic amines) is 1. The van der Waals surface area contributed by atoms with E-state index in [4.69, 9.17) is 5.73 Å². The molecule has 1 aliphatic carbocycles. The van der Waals surface area contributed by atoms with Crippen molar-refractivity contribution in [2.75, 3.05) is 25.4 Å². The quantitative estimate of drug-likeness (QED) is 0.853. The van der Waals surface area contributed by atoms with Gasteiger partial charge < -0.3 is 10.6 Å². The average molecular weight is 309 g/mol. The fraction of sp³-hybridized carbons (Fsp3) is 0.786. The molecule has 21 heavy (non-hydrogen) atoms. The van der Waals surface area contributed by atoms with Crippen molar-refractivity contribution in [1.29, 1.82) is 0 Å². The lowest BCUT2D eigenvalue weighted by Crippen LogP contribution is -2.43. The van der Waals surface area contributed by atoms with Crippen molar-refractivity contribution in [2.45, 2.75) is 51.1 Å². The number of carbonyl (C=O) groups excluding carboxylic acids is 1. The molecule has 0 radical (unpaired) electrons. The highest BCUT2D eigenvalue weighted by Crippen LogP contribution is 2.29. The van der Waals surface area contributed by atoms with Crippen molar-refractivity contribution in [3.05, 3.63) is 5.01 Å². The van der Waals surface area contributed by atoms with E-state index in [0.29, 0.717) is 17.2 Å². The zero-order valence-corrected chi connectivity index (χ0v) is 13.3. The van der Waals surface area contributed by atoms with Crippen LogP contribution in [0.3, 0.4) is 0 Å². The van der Waals surface area contributed by atoms with Crippen molar-refractivity contribution in [3.63, 3.8) is 0 Å². The summed E-state index contributed by atoms with van der Waals surface area (Å²) in [6.45, 7) is 4.69. The van der Waals surface area contributed by atoms with Gasteiger partial charge in [-0.1, -0.05) is 11.3 Å². The molecule has 116 valence electrons. The Balaban J connectivity index is 1.53. The Morgan fingerprint density at radius 1 is 1.43 bits per heavy atom. The first-order valence-electron chi connectivity index (χ1n) is 7.72. The summed E-state index contributed by atoms with van der Waals surface area (Å²) in [5, 5.41) is 9.48. The molecule has 0 spiro atoms. The number of hydrogen-bond acceptors (Lipinski definition) is 6. The van der Waals surface area contributed by atoms with Crippen molar-refractivity contribution in [1.82, 2.24) is 20.0 Å². The minimum Gasteiger partial charge on any atom is -0.374 e. The van der Waals surface area contributed by atoms with Crippen LogP contribution >= 0.6 is 11.3 Å². The van der Waals surface area contributed by atoms with Crippen LogP contribution in [0.1, 0.15) is 37.6 Å². The minimum atomic E-state index is 0.223.